The quantitative estimate of drug-likeness (QED) is 0.290. The van der Waals surface area contributed by atoms with E-state index in [1.54, 1.807) is 6.07 Å². The van der Waals surface area contributed by atoms with E-state index in [9.17, 15) is 8.78 Å². The number of halogens is 4. The number of nitrogens with one attached hydrogen (secondary N) is 1. The van der Waals surface area contributed by atoms with Crippen LogP contribution in [-0.4, -0.2) is 76.4 Å². The summed E-state index contributed by atoms with van der Waals surface area (Å²) in [7, 11) is 0. The zero-order chi connectivity index (χ0) is 29.5. The van der Waals surface area contributed by atoms with Gasteiger partial charge in [0, 0.05) is 48.1 Å². The molecule has 4 aliphatic heterocycles. The third-order valence-electron chi connectivity index (χ3n) is 9.98. The van der Waals surface area contributed by atoms with Gasteiger partial charge in [0.2, 0.25) is 0 Å². The van der Waals surface area contributed by atoms with Gasteiger partial charge in [-0.15, -0.1) is 0 Å². The van der Waals surface area contributed by atoms with E-state index in [1.807, 2.05) is 0 Å². The fraction of sp³-hybridized carbons (Fsp3) is 0.500. The van der Waals surface area contributed by atoms with Crippen LogP contribution in [0.3, 0.4) is 0 Å². The smallest absolute Gasteiger partial charge is 0.319 e. The maximum Gasteiger partial charge on any atom is 0.319 e. The third-order valence-corrected chi connectivity index (χ3v) is 11.2. The second-order valence-corrected chi connectivity index (χ2v) is 13.8. The van der Waals surface area contributed by atoms with Crippen LogP contribution in [-0.2, 0) is 0 Å². The lowest BCUT2D eigenvalue weighted by molar-refractivity contribution is 0.107. The maximum atomic E-state index is 16.7. The lowest BCUT2D eigenvalue weighted by Crippen LogP contribution is -2.62. The highest BCUT2D eigenvalue weighted by Gasteiger charge is 2.49. The summed E-state index contributed by atoms with van der Waals surface area (Å²) in [6.45, 7) is 3.96. The van der Waals surface area contributed by atoms with Crippen molar-refractivity contribution in [3.05, 3.63) is 34.9 Å². The summed E-state index contributed by atoms with van der Waals surface area (Å²) in [5.74, 6) is -0.605. The average molecular weight is 630 g/mol. The number of rotatable bonds is 5. The molecule has 8 rings (SSSR count). The van der Waals surface area contributed by atoms with Gasteiger partial charge in [-0.25, -0.2) is 18.2 Å². The Hall–Kier alpha value is -2.93. The molecule has 0 saturated carbocycles. The molecular weight excluding hydrogens is 599 g/mol. The van der Waals surface area contributed by atoms with E-state index in [1.165, 1.54) is 12.1 Å². The Bertz CT molecular complexity index is 1760. The van der Waals surface area contributed by atoms with Gasteiger partial charge in [-0.3, -0.25) is 4.90 Å². The minimum Gasteiger partial charge on any atom is -0.461 e. The van der Waals surface area contributed by atoms with Gasteiger partial charge in [-0.2, -0.15) is 9.97 Å². The number of fused-ring (bicyclic) bond motifs is 3. The van der Waals surface area contributed by atoms with E-state index < -0.39 is 23.3 Å². The van der Waals surface area contributed by atoms with Crippen molar-refractivity contribution in [2.24, 2.45) is 0 Å². The Morgan fingerprint density at radius 1 is 1.09 bits per heavy atom. The van der Waals surface area contributed by atoms with Crippen molar-refractivity contribution in [1.82, 2.24) is 25.2 Å². The van der Waals surface area contributed by atoms with Gasteiger partial charge in [0.25, 0.3) is 0 Å². The summed E-state index contributed by atoms with van der Waals surface area (Å²) in [5.41, 5.74) is 6.34. The highest BCUT2D eigenvalue weighted by Crippen LogP contribution is 2.44. The molecule has 0 bridgehead atoms. The van der Waals surface area contributed by atoms with Gasteiger partial charge in [-0.05, 0) is 63.4 Å². The van der Waals surface area contributed by atoms with E-state index in [2.05, 4.69) is 25.1 Å². The van der Waals surface area contributed by atoms with Crippen LogP contribution in [0.15, 0.2) is 18.2 Å². The number of thiazole rings is 1. The summed E-state index contributed by atoms with van der Waals surface area (Å²) >= 11 is 7.79. The SMILES string of the molecule is Nc1nc2c(-c3c(Cl)cc4c(N5CCC6(CCN6)CC5)nc(OC[C@@]56CCCN5C[C@H](F)C6)nc4c3F)ccc(F)c2s1. The number of hydrogen-bond acceptors (Lipinski definition) is 9. The van der Waals surface area contributed by atoms with Crippen LogP contribution < -0.4 is 20.7 Å². The van der Waals surface area contributed by atoms with Crippen molar-refractivity contribution in [3.8, 4) is 17.1 Å². The number of nitrogen functional groups attached to an aromatic ring is 1. The van der Waals surface area contributed by atoms with Crippen LogP contribution in [0, 0.1) is 11.6 Å². The first-order chi connectivity index (χ1) is 20.7. The van der Waals surface area contributed by atoms with Crippen molar-refractivity contribution in [2.45, 2.75) is 55.8 Å². The highest BCUT2D eigenvalue weighted by molar-refractivity contribution is 7.22. The van der Waals surface area contributed by atoms with E-state index in [-0.39, 0.29) is 49.6 Å². The molecule has 4 fully saturated rings. The normalized spacial score (nSPS) is 25.1. The van der Waals surface area contributed by atoms with E-state index in [0.29, 0.717) is 29.7 Å². The molecule has 1 spiro atoms. The molecule has 226 valence electrons. The summed E-state index contributed by atoms with van der Waals surface area (Å²) in [6, 6.07) is 4.44. The van der Waals surface area contributed by atoms with Gasteiger partial charge < -0.3 is 20.7 Å². The van der Waals surface area contributed by atoms with Crippen LogP contribution in [0.25, 0.3) is 32.2 Å². The van der Waals surface area contributed by atoms with Crippen LogP contribution in [0.2, 0.25) is 5.02 Å². The molecule has 43 heavy (non-hydrogen) atoms. The lowest BCUT2D eigenvalue weighted by atomic mass is 9.79. The summed E-state index contributed by atoms with van der Waals surface area (Å²) in [5, 5.41) is 4.36. The number of ether oxygens (including phenoxy) is 1. The van der Waals surface area contributed by atoms with Gasteiger partial charge in [0.1, 0.15) is 29.9 Å². The molecule has 0 radical (unpaired) electrons. The van der Waals surface area contributed by atoms with Gasteiger partial charge >= 0.3 is 6.01 Å². The van der Waals surface area contributed by atoms with Crippen molar-refractivity contribution in [3.63, 3.8) is 0 Å². The van der Waals surface area contributed by atoms with Crippen LogP contribution in [0.4, 0.5) is 24.1 Å². The fourth-order valence-corrected chi connectivity index (χ4v) is 8.66. The molecule has 2 atom stereocenters. The monoisotopic (exact) mass is 629 g/mol. The fourth-order valence-electron chi connectivity index (χ4n) is 7.61. The number of nitrogens with zero attached hydrogens (tertiary/aromatic N) is 5. The maximum absolute atomic E-state index is 16.7. The Balaban J connectivity index is 1.24. The Labute approximate surface area is 255 Å². The predicted octanol–water partition coefficient (Wildman–Crippen LogP) is 5.71. The molecule has 13 heteroatoms. The molecule has 3 N–H and O–H groups in total. The molecule has 4 aromatic rings. The standard InChI is InChI=1S/C30H31ClF3N7OS/c31-19-12-18-23(22(34)21(19)17-2-3-20(33)25-24(17)37-27(35)43-25)38-28(42-15-30-4-1-9-41(30)14-16(32)13-30)39-26(18)40-10-6-29(7-11-40)5-8-36-29/h2-3,12,16,36H,1,4-11,13-15H2,(H2,35,37)/t16-,30+/m1/s1. The Kier molecular flexibility index (Phi) is 6.45. The number of anilines is 2. The molecule has 2 aromatic carbocycles. The number of benzene rings is 2. The Morgan fingerprint density at radius 2 is 1.91 bits per heavy atom. The molecule has 0 aliphatic carbocycles. The molecule has 2 aromatic heterocycles. The largest absolute Gasteiger partial charge is 0.461 e. The van der Waals surface area contributed by atoms with Crippen LogP contribution >= 0.6 is 22.9 Å². The van der Waals surface area contributed by atoms with E-state index in [4.69, 9.17) is 27.1 Å². The van der Waals surface area contributed by atoms with Crippen molar-refractivity contribution < 1.29 is 17.9 Å². The number of piperidine rings is 1. The van der Waals surface area contributed by atoms with Crippen molar-refractivity contribution >= 4 is 55.0 Å². The third kappa shape index (κ3) is 4.43. The molecule has 4 saturated heterocycles. The first kappa shape index (κ1) is 27.6. The average Bonchev–Trinajstić information content (AvgIpc) is 3.64. The minimum atomic E-state index is -0.896. The highest BCUT2D eigenvalue weighted by atomic mass is 35.5. The van der Waals surface area contributed by atoms with Crippen molar-refractivity contribution in [2.75, 3.05) is 50.0 Å². The second kappa shape index (κ2) is 10.0. The first-order valence-electron chi connectivity index (χ1n) is 14.8. The van der Waals surface area contributed by atoms with Crippen LogP contribution in [0.5, 0.6) is 6.01 Å². The number of nitrogens with two attached hydrogens (primary N) is 1. The predicted molar refractivity (Wildman–Crippen MR) is 163 cm³/mol. The zero-order valence-corrected chi connectivity index (χ0v) is 25.0. The summed E-state index contributed by atoms with van der Waals surface area (Å²) in [6.07, 6.45) is 4.35. The van der Waals surface area contributed by atoms with Crippen molar-refractivity contribution in [1.29, 1.82) is 0 Å². The Morgan fingerprint density at radius 3 is 2.67 bits per heavy atom. The van der Waals surface area contributed by atoms with E-state index >= 15 is 4.39 Å². The zero-order valence-electron chi connectivity index (χ0n) is 23.4. The molecular formula is C30H31ClF3N7OS. The number of aromatic nitrogens is 3. The summed E-state index contributed by atoms with van der Waals surface area (Å²) in [4.78, 5) is 18.0. The first-order valence-corrected chi connectivity index (χ1v) is 16.0. The van der Waals surface area contributed by atoms with E-state index in [0.717, 1.165) is 69.6 Å². The minimum absolute atomic E-state index is 0.0439. The molecule has 8 nitrogen and oxygen atoms in total. The van der Waals surface area contributed by atoms with Gasteiger partial charge in [0.05, 0.1) is 20.8 Å². The topological polar surface area (TPSA) is 92.4 Å². The van der Waals surface area contributed by atoms with Gasteiger partial charge in [0.15, 0.2) is 10.9 Å². The lowest BCUT2D eigenvalue weighted by Gasteiger charge is -2.49. The number of alkyl halides is 1. The van der Waals surface area contributed by atoms with Crippen LogP contribution in [0.1, 0.15) is 38.5 Å². The molecule has 4 aliphatic rings. The molecule has 6 heterocycles. The second-order valence-electron chi connectivity index (χ2n) is 12.4. The molecule has 0 amide bonds. The number of hydrogen-bond donors (Lipinski definition) is 2. The summed E-state index contributed by atoms with van der Waals surface area (Å²) < 4.78 is 52.2. The van der Waals surface area contributed by atoms with Gasteiger partial charge in [-0.1, -0.05) is 22.9 Å². The molecule has 0 unspecified atom stereocenters.